The van der Waals surface area contributed by atoms with Gasteiger partial charge < -0.3 is 4.90 Å². The molecule has 2 aromatic heterocycles. The quantitative estimate of drug-likeness (QED) is 0.776. The first-order valence-electron chi connectivity index (χ1n) is 7.90. The molecule has 1 unspecified atom stereocenters. The number of nitriles is 1. The Bertz CT molecular complexity index is 926. The van der Waals surface area contributed by atoms with Gasteiger partial charge in [0.15, 0.2) is 0 Å². The Morgan fingerprint density at radius 2 is 1.96 bits per heavy atom. The molecular weight excluding hydrogens is 354 g/mol. The van der Waals surface area contributed by atoms with Crippen LogP contribution in [0.5, 0.6) is 0 Å². The van der Waals surface area contributed by atoms with Gasteiger partial charge in [0, 0.05) is 25.1 Å². The number of imide groups is 1. The lowest BCUT2D eigenvalue weighted by atomic mass is 9.79. The third-order valence-corrected chi connectivity index (χ3v) is 4.57. The standard InChI is InChI=1S/C18H16ClN5O2/c1-12-5-15(10-21-7-12)24-16(25)18(2,11-23(4-3-20)17(24)26)13-6-14(19)9-22-8-13/h5-10H,4,11H2,1-2H3. The molecule has 3 heterocycles. The van der Waals surface area contributed by atoms with Crippen LogP contribution < -0.4 is 4.90 Å². The molecule has 26 heavy (non-hydrogen) atoms. The molecule has 0 radical (unpaired) electrons. The number of hydrogen-bond donors (Lipinski definition) is 0. The van der Waals surface area contributed by atoms with Gasteiger partial charge in [-0.3, -0.25) is 14.8 Å². The topological polar surface area (TPSA) is 90.2 Å². The van der Waals surface area contributed by atoms with Crippen molar-refractivity contribution in [2.24, 2.45) is 0 Å². The van der Waals surface area contributed by atoms with Crippen LogP contribution >= 0.6 is 11.6 Å². The van der Waals surface area contributed by atoms with Gasteiger partial charge in [-0.15, -0.1) is 0 Å². The summed E-state index contributed by atoms with van der Waals surface area (Å²) >= 11 is 6.04. The van der Waals surface area contributed by atoms with Crippen LogP contribution in [0.4, 0.5) is 10.5 Å². The average Bonchev–Trinajstić information content (AvgIpc) is 2.60. The molecule has 7 nitrogen and oxygen atoms in total. The monoisotopic (exact) mass is 369 g/mol. The maximum atomic E-state index is 13.3. The number of hydrogen-bond acceptors (Lipinski definition) is 5. The summed E-state index contributed by atoms with van der Waals surface area (Å²) in [7, 11) is 0. The molecular formula is C18H16ClN5O2. The zero-order chi connectivity index (χ0) is 18.9. The molecule has 8 heteroatoms. The van der Waals surface area contributed by atoms with Gasteiger partial charge in [0.25, 0.3) is 0 Å². The van der Waals surface area contributed by atoms with Crippen LogP contribution in [-0.2, 0) is 10.2 Å². The highest BCUT2D eigenvalue weighted by molar-refractivity contribution is 6.30. The van der Waals surface area contributed by atoms with E-state index in [2.05, 4.69) is 9.97 Å². The number of carbonyl (C=O) groups is 2. The van der Waals surface area contributed by atoms with Crippen molar-refractivity contribution in [3.05, 3.63) is 53.1 Å². The zero-order valence-corrected chi connectivity index (χ0v) is 15.1. The van der Waals surface area contributed by atoms with E-state index in [4.69, 9.17) is 16.9 Å². The summed E-state index contributed by atoms with van der Waals surface area (Å²) < 4.78 is 0. The first kappa shape index (κ1) is 17.8. The smallest absolute Gasteiger partial charge is 0.309 e. The van der Waals surface area contributed by atoms with Crippen LogP contribution in [0.1, 0.15) is 18.1 Å². The Kier molecular flexibility index (Phi) is 4.62. The molecule has 1 aliphatic rings. The molecule has 0 aliphatic carbocycles. The number of pyridine rings is 2. The van der Waals surface area contributed by atoms with Gasteiger partial charge in [0.2, 0.25) is 5.91 Å². The van der Waals surface area contributed by atoms with Gasteiger partial charge in [-0.2, -0.15) is 5.26 Å². The second-order valence-corrected chi connectivity index (χ2v) is 6.82. The summed E-state index contributed by atoms with van der Waals surface area (Å²) in [5.74, 6) is -0.409. The van der Waals surface area contributed by atoms with Crippen molar-refractivity contribution >= 4 is 29.2 Å². The largest absolute Gasteiger partial charge is 0.332 e. The van der Waals surface area contributed by atoms with Crippen LogP contribution in [0, 0.1) is 18.3 Å². The molecule has 1 fully saturated rings. The average molecular weight is 370 g/mol. The van der Waals surface area contributed by atoms with Crippen molar-refractivity contribution in [1.82, 2.24) is 14.9 Å². The summed E-state index contributed by atoms with van der Waals surface area (Å²) in [6.07, 6.45) is 6.11. The molecule has 0 saturated carbocycles. The second-order valence-electron chi connectivity index (χ2n) is 6.38. The van der Waals surface area contributed by atoms with E-state index >= 15 is 0 Å². The van der Waals surface area contributed by atoms with Crippen molar-refractivity contribution in [1.29, 1.82) is 5.26 Å². The lowest BCUT2D eigenvalue weighted by molar-refractivity contribution is -0.124. The Balaban J connectivity index is 2.13. The minimum atomic E-state index is -1.09. The van der Waals surface area contributed by atoms with Crippen molar-refractivity contribution in [2.75, 3.05) is 18.0 Å². The third-order valence-electron chi connectivity index (χ3n) is 4.37. The minimum absolute atomic E-state index is 0.0655. The number of aryl methyl sites for hydroxylation is 1. The van der Waals surface area contributed by atoms with E-state index in [0.29, 0.717) is 16.3 Å². The van der Waals surface area contributed by atoms with Gasteiger partial charge in [-0.05, 0) is 37.1 Å². The van der Waals surface area contributed by atoms with E-state index < -0.39 is 17.4 Å². The highest BCUT2D eigenvalue weighted by atomic mass is 35.5. The van der Waals surface area contributed by atoms with E-state index in [9.17, 15) is 9.59 Å². The molecule has 1 aliphatic heterocycles. The van der Waals surface area contributed by atoms with Crippen molar-refractivity contribution < 1.29 is 9.59 Å². The number of urea groups is 1. The van der Waals surface area contributed by atoms with Gasteiger partial charge in [0.05, 0.1) is 28.4 Å². The van der Waals surface area contributed by atoms with Crippen molar-refractivity contribution in [2.45, 2.75) is 19.3 Å². The molecule has 0 N–H and O–H groups in total. The summed E-state index contributed by atoms with van der Waals surface area (Å²) in [6, 6.07) is 4.79. The normalized spacial score (nSPS) is 20.2. The summed E-state index contributed by atoms with van der Waals surface area (Å²) in [4.78, 5) is 36.7. The third kappa shape index (κ3) is 3.00. The van der Waals surface area contributed by atoms with E-state index in [1.54, 1.807) is 31.5 Å². The molecule has 0 bridgehead atoms. The predicted molar refractivity (Wildman–Crippen MR) is 95.6 cm³/mol. The molecule has 3 rings (SSSR count). The van der Waals surface area contributed by atoms with Crippen LogP contribution in [0.25, 0.3) is 0 Å². The number of carbonyl (C=O) groups excluding carboxylic acids is 2. The number of aromatic nitrogens is 2. The first-order valence-corrected chi connectivity index (χ1v) is 8.27. The molecule has 3 amide bonds. The molecule has 1 saturated heterocycles. The number of halogens is 1. The van der Waals surface area contributed by atoms with Gasteiger partial charge in [-0.1, -0.05) is 11.6 Å². The van der Waals surface area contributed by atoms with Gasteiger partial charge in [-0.25, -0.2) is 9.69 Å². The van der Waals surface area contributed by atoms with Gasteiger partial charge >= 0.3 is 6.03 Å². The van der Waals surface area contributed by atoms with E-state index in [1.807, 2.05) is 13.0 Å². The Morgan fingerprint density at radius 1 is 1.23 bits per heavy atom. The molecule has 0 aromatic carbocycles. The van der Waals surface area contributed by atoms with Crippen LogP contribution in [0.3, 0.4) is 0 Å². The van der Waals surface area contributed by atoms with Crippen LogP contribution in [-0.4, -0.2) is 39.9 Å². The maximum absolute atomic E-state index is 13.3. The fourth-order valence-corrected chi connectivity index (χ4v) is 3.19. The SMILES string of the molecule is Cc1cncc(N2C(=O)N(CC#N)CC(C)(c3cncc(Cl)c3)C2=O)c1. The highest BCUT2D eigenvalue weighted by Gasteiger charge is 2.49. The van der Waals surface area contributed by atoms with Gasteiger partial charge in [0.1, 0.15) is 6.54 Å². The lowest BCUT2D eigenvalue weighted by Gasteiger charge is -2.43. The molecule has 2 aromatic rings. The number of anilines is 1. The van der Waals surface area contributed by atoms with E-state index in [-0.39, 0.29) is 13.1 Å². The second kappa shape index (κ2) is 6.73. The molecule has 132 valence electrons. The molecule has 0 spiro atoms. The maximum Gasteiger partial charge on any atom is 0.332 e. The lowest BCUT2D eigenvalue weighted by Crippen LogP contribution is -2.63. The summed E-state index contributed by atoms with van der Waals surface area (Å²) in [6.45, 7) is 3.47. The fourth-order valence-electron chi connectivity index (χ4n) is 3.02. The van der Waals surface area contributed by atoms with Crippen LogP contribution in [0.2, 0.25) is 5.02 Å². The zero-order valence-electron chi connectivity index (χ0n) is 14.3. The Morgan fingerprint density at radius 3 is 2.62 bits per heavy atom. The van der Waals surface area contributed by atoms with Crippen molar-refractivity contribution in [3.63, 3.8) is 0 Å². The predicted octanol–water partition coefficient (Wildman–Crippen LogP) is 2.69. The number of nitrogens with zero attached hydrogens (tertiary/aromatic N) is 5. The summed E-state index contributed by atoms with van der Waals surface area (Å²) in [5, 5.41) is 9.49. The van der Waals surface area contributed by atoms with E-state index in [1.165, 1.54) is 17.3 Å². The minimum Gasteiger partial charge on any atom is -0.309 e. The first-order chi connectivity index (χ1) is 12.4. The summed E-state index contributed by atoms with van der Waals surface area (Å²) in [5.41, 5.74) is 0.665. The number of rotatable bonds is 3. The number of amides is 3. The van der Waals surface area contributed by atoms with Crippen molar-refractivity contribution in [3.8, 4) is 6.07 Å². The fraction of sp³-hybridized carbons (Fsp3) is 0.278. The highest BCUT2D eigenvalue weighted by Crippen LogP contribution is 2.35. The van der Waals surface area contributed by atoms with Crippen LogP contribution in [0.15, 0.2) is 36.9 Å². The molecule has 1 atom stereocenters. The van der Waals surface area contributed by atoms with E-state index in [0.717, 1.165) is 10.5 Å². The Labute approximate surface area is 155 Å². The Hall–Kier alpha value is -2.98.